The summed E-state index contributed by atoms with van der Waals surface area (Å²) in [4.78, 5) is 24.9. The molecular weight excluding hydrogens is 248 g/mol. The van der Waals surface area contributed by atoms with E-state index in [1.807, 2.05) is 13.8 Å². The summed E-state index contributed by atoms with van der Waals surface area (Å²) in [7, 11) is 0. The minimum atomic E-state index is -0.234. The molecule has 1 heterocycles. The number of likely N-dealkylation sites (N-methyl/N-ethyl adjacent to an activating group) is 2. The van der Waals surface area contributed by atoms with Gasteiger partial charge in [-0.25, -0.2) is 0 Å². The lowest BCUT2D eigenvalue weighted by Crippen LogP contribution is -2.40. The van der Waals surface area contributed by atoms with Gasteiger partial charge in [-0.05, 0) is 20.4 Å². The van der Waals surface area contributed by atoms with E-state index in [1.165, 1.54) is 0 Å². The summed E-state index contributed by atoms with van der Waals surface area (Å²) in [6.07, 6.45) is 0. The molecule has 2 N–H and O–H groups in total. The van der Waals surface area contributed by atoms with Crippen LogP contribution in [0.25, 0.3) is 0 Å². The van der Waals surface area contributed by atoms with E-state index in [0.717, 1.165) is 0 Å². The molecule has 106 valence electrons. The minimum absolute atomic E-state index is 0.0901. The summed E-state index contributed by atoms with van der Waals surface area (Å²) in [5, 5.41) is 8.96. The highest BCUT2D eigenvalue weighted by Crippen LogP contribution is 2.07. The van der Waals surface area contributed by atoms with Gasteiger partial charge in [0.25, 0.3) is 0 Å². The number of anilines is 1. The molecule has 0 aromatic carbocycles. The first-order valence-electron chi connectivity index (χ1n) is 6.27. The molecule has 0 aliphatic carbocycles. The molecule has 1 aromatic heterocycles. The van der Waals surface area contributed by atoms with Crippen LogP contribution in [0, 0.1) is 6.92 Å². The maximum Gasteiger partial charge on any atom is 0.240 e. The molecule has 7 nitrogen and oxygen atoms in total. The largest absolute Gasteiger partial charge is 0.355 e. The lowest BCUT2D eigenvalue weighted by Gasteiger charge is -2.18. The van der Waals surface area contributed by atoms with Crippen LogP contribution in [-0.4, -0.2) is 48.0 Å². The lowest BCUT2D eigenvalue weighted by atomic mass is 10.4. The van der Waals surface area contributed by atoms with Crippen LogP contribution in [0.1, 0.15) is 19.5 Å². The first-order valence-corrected chi connectivity index (χ1v) is 6.27. The van der Waals surface area contributed by atoms with Crippen molar-refractivity contribution in [1.82, 2.24) is 15.4 Å². The van der Waals surface area contributed by atoms with E-state index in [4.69, 9.17) is 4.52 Å². The SMILES string of the molecule is CCNC(=O)CN(CC)CC(=O)Nc1cc(C)no1. The Labute approximate surface area is 112 Å². The standard InChI is InChI=1S/C12H20N4O3/c1-4-13-10(17)7-16(5-2)8-11(18)14-12-6-9(3)15-19-12/h6H,4-5,7-8H2,1-3H3,(H,13,17)(H,14,18). The summed E-state index contributed by atoms with van der Waals surface area (Å²) in [6, 6.07) is 1.64. The minimum Gasteiger partial charge on any atom is -0.355 e. The predicted octanol–water partition coefficient (Wildman–Crippen LogP) is 0.380. The normalized spacial score (nSPS) is 10.5. The molecule has 2 amide bonds. The second kappa shape index (κ2) is 7.52. The van der Waals surface area contributed by atoms with Crippen LogP contribution in [-0.2, 0) is 9.59 Å². The first-order chi connectivity index (χ1) is 9.05. The maximum atomic E-state index is 11.8. The molecule has 0 aliphatic heterocycles. The van der Waals surface area contributed by atoms with Crippen molar-refractivity contribution < 1.29 is 14.1 Å². The van der Waals surface area contributed by atoms with Crippen LogP contribution in [0.15, 0.2) is 10.6 Å². The number of hydrogen-bond acceptors (Lipinski definition) is 5. The van der Waals surface area contributed by atoms with Gasteiger partial charge < -0.3 is 9.84 Å². The Hall–Kier alpha value is -1.89. The van der Waals surface area contributed by atoms with E-state index in [1.54, 1.807) is 17.9 Å². The van der Waals surface area contributed by atoms with E-state index in [2.05, 4.69) is 15.8 Å². The molecule has 19 heavy (non-hydrogen) atoms. The number of hydrogen-bond donors (Lipinski definition) is 2. The van der Waals surface area contributed by atoms with Crippen LogP contribution in [0.5, 0.6) is 0 Å². The third kappa shape index (κ3) is 5.52. The summed E-state index contributed by atoms with van der Waals surface area (Å²) in [5.41, 5.74) is 0.699. The highest BCUT2D eigenvalue weighted by atomic mass is 16.5. The molecule has 7 heteroatoms. The van der Waals surface area contributed by atoms with Crippen molar-refractivity contribution in [1.29, 1.82) is 0 Å². The number of amides is 2. The van der Waals surface area contributed by atoms with Gasteiger partial charge in [0, 0.05) is 12.6 Å². The van der Waals surface area contributed by atoms with Crippen LogP contribution < -0.4 is 10.6 Å². The van der Waals surface area contributed by atoms with Gasteiger partial charge in [-0.2, -0.15) is 0 Å². The molecular formula is C12H20N4O3. The van der Waals surface area contributed by atoms with Gasteiger partial charge in [-0.15, -0.1) is 0 Å². The number of rotatable bonds is 7. The Kier molecular flexibility index (Phi) is 6.01. The summed E-state index contributed by atoms with van der Waals surface area (Å²) in [6.45, 7) is 7.05. The summed E-state index contributed by atoms with van der Waals surface area (Å²) >= 11 is 0. The average molecular weight is 268 g/mol. The Balaban J connectivity index is 2.42. The van der Waals surface area contributed by atoms with Gasteiger partial charge in [-0.1, -0.05) is 12.1 Å². The van der Waals surface area contributed by atoms with Crippen molar-refractivity contribution in [3.05, 3.63) is 11.8 Å². The molecule has 0 saturated heterocycles. The maximum absolute atomic E-state index is 11.8. The Bertz CT molecular complexity index is 430. The van der Waals surface area contributed by atoms with E-state index >= 15 is 0 Å². The molecule has 0 unspecified atom stereocenters. The molecule has 0 fully saturated rings. The van der Waals surface area contributed by atoms with Gasteiger partial charge in [0.1, 0.15) is 0 Å². The Morgan fingerprint density at radius 2 is 2.00 bits per heavy atom. The van der Waals surface area contributed by atoms with Gasteiger partial charge in [0.05, 0.1) is 18.8 Å². The van der Waals surface area contributed by atoms with Gasteiger partial charge in [0.2, 0.25) is 17.7 Å². The van der Waals surface area contributed by atoms with Crippen molar-refractivity contribution >= 4 is 17.7 Å². The molecule has 0 atom stereocenters. The van der Waals surface area contributed by atoms with Crippen LogP contribution >= 0.6 is 0 Å². The smallest absolute Gasteiger partial charge is 0.240 e. The quantitative estimate of drug-likeness (QED) is 0.746. The topological polar surface area (TPSA) is 87.5 Å². The number of nitrogens with one attached hydrogen (secondary N) is 2. The number of carbonyl (C=O) groups is 2. The first kappa shape index (κ1) is 15.2. The average Bonchev–Trinajstić information content (AvgIpc) is 2.74. The Morgan fingerprint density at radius 1 is 1.32 bits per heavy atom. The zero-order valence-corrected chi connectivity index (χ0v) is 11.5. The van der Waals surface area contributed by atoms with E-state index in [0.29, 0.717) is 24.7 Å². The second-order valence-corrected chi connectivity index (χ2v) is 4.14. The van der Waals surface area contributed by atoms with Gasteiger partial charge in [0.15, 0.2) is 0 Å². The summed E-state index contributed by atoms with van der Waals surface area (Å²) < 4.78 is 4.89. The van der Waals surface area contributed by atoms with Crippen LogP contribution in [0.3, 0.4) is 0 Å². The molecule has 0 spiro atoms. The third-order valence-corrected chi connectivity index (χ3v) is 2.45. The highest BCUT2D eigenvalue weighted by Gasteiger charge is 2.13. The van der Waals surface area contributed by atoms with Gasteiger partial charge in [-0.3, -0.25) is 19.8 Å². The zero-order valence-electron chi connectivity index (χ0n) is 11.5. The highest BCUT2D eigenvalue weighted by molar-refractivity contribution is 5.91. The number of aryl methyl sites for hydroxylation is 1. The third-order valence-electron chi connectivity index (χ3n) is 2.45. The zero-order chi connectivity index (χ0) is 14.3. The van der Waals surface area contributed by atoms with Gasteiger partial charge >= 0.3 is 0 Å². The fourth-order valence-electron chi connectivity index (χ4n) is 1.54. The lowest BCUT2D eigenvalue weighted by molar-refractivity contribution is -0.123. The predicted molar refractivity (Wildman–Crippen MR) is 70.7 cm³/mol. The van der Waals surface area contributed by atoms with Crippen LogP contribution in [0.2, 0.25) is 0 Å². The molecule has 0 aliphatic rings. The van der Waals surface area contributed by atoms with E-state index < -0.39 is 0 Å². The molecule has 1 rings (SSSR count). The molecule has 1 aromatic rings. The molecule has 0 radical (unpaired) electrons. The number of aromatic nitrogens is 1. The second-order valence-electron chi connectivity index (χ2n) is 4.14. The monoisotopic (exact) mass is 268 g/mol. The van der Waals surface area contributed by atoms with Crippen molar-refractivity contribution in [2.24, 2.45) is 0 Å². The fraction of sp³-hybridized carbons (Fsp3) is 0.583. The summed E-state index contributed by atoms with van der Waals surface area (Å²) in [5.74, 6) is -0.00785. The van der Waals surface area contributed by atoms with E-state index in [-0.39, 0.29) is 24.9 Å². The number of carbonyl (C=O) groups excluding carboxylic acids is 2. The number of nitrogens with zero attached hydrogens (tertiary/aromatic N) is 2. The molecule has 0 bridgehead atoms. The van der Waals surface area contributed by atoms with E-state index in [9.17, 15) is 9.59 Å². The van der Waals surface area contributed by atoms with Crippen molar-refractivity contribution in [3.63, 3.8) is 0 Å². The van der Waals surface area contributed by atoms with Crippen molar-refractivity contribution in [2.45, 2.75) is 20.8 Å². The van der Waals surface area contributed by atoms with Crippen molar-refractivity contribution in [2.75, 3.05) is 31.5 Å². The van der Waals surface area contributed by atoms with Crippen molar-refractivity contribution in [3.8, 4) is 0 Å². The fourth-order valence-corrected chi connectivity index (χ4v) is 1.54. The Morgan fingerprint density at radius 3 is 2.53 bits per heavy atom. The van der Waals surface area contributed by atoms with Crippen LogP contribution in [0.4, 0.5) is 5.88 Å². The molecule has 0 saturated carbocycles.